The van der Waals surface area contributed by atoms with Gasteiger partial charge in [0.1, 0.15) is 24.5 Å². The highest BCUT2D eigenvalue weighted by atomic mass is 32.1. The summed E-state index contributed by atoms with van der Waals surface area (Å²) in [7, 11) is 0. The number of nitrogens with zero attached hydrogens (tertiary/aromatic N) is 1. The van der Waals surface area contributed by atoms with Crippen LogP contribution in [0.15, 0.2) is 35.1 Å². The zero-order chi connectivity index (χ0) is 40.6. The fourth-order valence-electron chi connectivity index (χ4n) is 5.86. The number of carboxylic acid groups (broad SMARTS) is 2. The van der Waals surface area contributed by atoms with Crippen molar-refractivity contribution in [2.24, 2.45) is 0 Å². The molecule has 306 valence electrons. The Hall–Kier alpha value is -4.56. The third-order valence-corrected chi connectivity index (χ3v) is 9.54. The van der Waals surface area contributed by atoms with Gasteiger partial charge in [-0.2, -0.15) is 26.3 Å². The summed E-state index contributed by atoms with van der Waals surface area (Å²) in [6.45, 7) is 4.85. The molecule has 0 spiro atoms. The van der Waals surface area contributed by atoms with Gasteiger partial charge in [-0.1, -0.05) is 49.2 Å². The van der Waals surface area contributed by atoms with Gasteiger partial charge in [0.05, 0.1) is 4.70 Å². The van der Waals surface area contributed by atoms with E-state index in [0.717, 1.165) is 65.6 Å². The number of phenols is 1. The summed E-state index contributed by atoms with van der Waals surface area (Å²) < 4.78 is 75.7. The van der Waals surface area contributed by atoms with Crippen molar-refractivity contribution >= 4 is 39.4 Å². The van der Waals surface area contributed by atoms with Gasteiger partial charge in [-0.05, 0) is 61.6 Å². The van der Waals surface area contributed by atoms with Crippen LogP contribution in [-0.4, -0.2) is 107 Å². The monoisotopic (exact) mass is 810 g/mol. The molecule has 0 bridgehead atoms. The Bertz CT molecular complexity index is 1730. The van der Waals surface area contributed by atoms with Crippen LogP contribution in [0, 0.1) is 0 Å². The molecule has 5 rings (SSSR count). The summed E-state index contributed by atoms with van der Waals surface area (Å²) in [6.07, 6.45) is -0.451. The number of fused-ring (bicyclic) bond motifs is 2. The minimum Gasteiger partial charge on any atom is -0.506 e. The minimum atomic E-state index is -5.08. The average molecular weight is 811 g/mol. The third-order valence-electron chi connectivity index (χ3n) is 8.58. The normalized spacial score (nSPS) is 14.6. The van der Waals surface area contributed by atoms with Crippen molar-refractivity contribution in [3.05, 3.63) is 51.1 Å². The first-order chi connectivity index (χ1) is 26.0. The third kappa shape index (κ3) is 15.6. The van der Waals surface area contributed by atoms with Gasteiger partial charge in [0.25, 0.3) is 0 Å². The topological polar surface area (TPSA) is 191 Å². The molecular weight excluding hydrogens is 766 g/mol. The molecule has 2 heterocycles. The van der Waals surface area contributed by atoms with E-state index in [9.17, 15) is 41.0 Å². The maximum Gasteiger partial charge on any atom is 0.490 e. The number of nitrogens with one attached hydrogen (secondary N) is 3. The number of carbonyl (C=O) groups is 3. The van der Waals surface area contributed by atoms with Crippen LogP contribution in [0.4, 0.5) is 26.3 Å². The summed E-state index contributed by atoms with van der Waals surface area (Å²) in [5, 5.41) is 30.6. The molecule has 1 fully saturated rings. The van der Waals surface area contributed by atoms with Crippen molar-refractivity contribution in [2.45, 2.75) is 76.2 Å². The van der Waals surface area contributed by atoms with Crippen molar-refractivity contribution in [3.8, 4) is 17.2 Å². The molecule has 1 aliphatic carbocycles. The van der Waals surface area contributed by atoms with E-state index < -0.39 is 24.3 Å². The van der Waals surface area contributed by atoms with Crippen LogP contribution in [0.5, 0.6) is 17.2 Å². The minimum absolute atomic E-state index is 0.0853. The van der Waals surface area contributed by atoms with Crippen molar-refractivity contribution in [2.75, 3.05) is 45.9 Å². The van der Waals surface area contributed by atoms with Gasteiger partial charge in [-0.3, -0.25) is 14.5 Å². The standard InChI is InChI=1S/C31H42N4O5S.2C2HF3O2/c36-25-9-8-23(30-29(25)34-31(38)41-30)11-14-32-15-16-33-28(37)13-18-35(24-5-3-1-2-4-6-24)17-12-22-7-10-26-27(21-22)40-20-19-39-26;2*3-2(4,5)1(6)7/h7-10,21,24,32,36H,1-6,11-20H2,(H,33,37)(H,34,38);2*(H,6,7). The Morgan fingerprint density at radius 1 is 0.836 bits per heavy atom. The zero-order valence-corrected chi connectivity index (χ0v) is 30.5. The number of halogens is 6. The highest BCUT2D eigenvalue weighted by Crippen LogP contribution is 2.31. The van der Waals surface area contributed by atoms with Gasteiger partial charge in [0, 0.05) is 38.6 Å². The summed E-state index contributed by atoms with van der Waals surface area (Å²) in [4.78, 5) is 47.3. The Labute approximate surface area is 315 Å². The van der Waals surface area contributed by atoms with E-state index in [4.69, 9.17) is 29.3 Å². The molecule has 3 aromatic rings. The molecule has 1 aromatic heterocycles. The molecule has 0 unspecified atom stereocenters. The number of hydrogen-bond donors (Lipinski definition) is 6. The molecule has 2 aliphatic rings. The molecule has 1 saturated carbocycles. The predicted molar refractivity (Wildman–Crippen MR) is 190 cm³/mol. The highest BCUT2D eigenvalue weighted by molar-refractivity contribution is 7.16. The number of rotatable bonds is 13. The summed E-state index contributed by atoms with van der Waals surface area (Å²) in [5.41, 5.74) is 2.77. The molecule has 0 radical (unpaired) electrons. The number of aromatic hydroxyl groups is 1. The number of benzene rings is 2. The lowest BCUT2D eigenvalue weighted by Gasteiger charge is -2.31. The van der Waals surface area contributed by atoms with Crippen LogP contribution >= 0.6 is 11.3 Å². The maximum absolute atomic E-state index is 12.7. The van der Waals surface area contributed by atoms with Crippen LogP contribution in [0.25, 0.3) is 10.2 Å². The zero-order valence-electron chi connectivity index (χ0n) is 29.7. The fourth-order valence-corrected chi connectivity index (χ4v) is 6.76. The SMILES string of the molecule is O=C(CCN(CCc1ccc2c(c1)OCCO2)C1CCCCCC1)NCCNCCc1ccc(O)c2[nH]c(=O)sc12.O=C(O)C(F)(F)F.O=C(O)C(F)(F)F. The first-order valence-electron chi connectivity index (χ1n) is 17.5. The predicted octanol–water partition coefficient (Wildman–Crippen LogP) is 5.24. The van der Waals surface area contributed by atoms with Crippen LogP contribution < -0.4 is 25.0 Å². The molecule has 13 nitrogen and oxygen atoms in total. The molecule has 0 saturated heterocycles. The number of carbonyl (C=O) groups excluding carboxylic acids is 1. The molecule has 0 atom stereocenters. The van der Waals surface area contributed by atoms with E-state index in [-0.39, 0.29) is 16.5 Å². The van der Waals surface area contributed by atoms with Gasteiger partial charge in [0.15, 0.2) is 11.5 Å². The lowest BCUT2D eigenvalue weighted by Crippen LogP contribution is -2.40. The summed E-state index contributed by atoms with van der Waals surface area (Å²) in [6, 6.07) is 10.3. The number of H-pyrrole nitrogens is 1. The van der Waals surface area contributed by atoms with E-state index in [1.54, 1.807) is 6.07 Å². The Balaban J connectivity index is 0.000000494. The number of aliphatic carboxylic acids is 2. The Morgan fingerprint density at radius 2 is 1.45 bits per heavy atom. The molecule has 1 aliphatic heterocycles. The average Bonchev–Trinajstić information content (AvgIpc) is 3.33. The lowest BCUT2D eigenvalue weighted by molar-refractivity contribution is -0.193. The lowest BCUT2D eigenvalue weighted by atomic mass is 10.0. The number of hydrogen-bond acceptors (Lipinski definition) is 10. The van der Waals surface area contributed by atoms with Gasteiger partial charge in [0.2, 0.25) is 5.91 Å². The van der Waals surface area contributed by atoms with E-state index in [2.05, 4.69) is 32.7 Å². The van der Waals surface area contributed by atoms with Crippen LogP contribution in [0.1, 0.15) is 56.1 Å². The van der Waals surface area contributed by atoms with Crippen molar-refractivity contribution in [3.63, 3.8) is 0 Å². The number of aromatic amines is 1. The Kier molecular flexibility index (Phi) is 17.5. The maximum atomic E-state index is 12.7. The number of thiazole rings is 1. The van der Waals surface area contributed by atoms with E-state index in [0.29, 0.717) is 44.3 Å². The second-order valence-electron chi connectivity index (χ2n) is 12.6. The van der Waals surface area contributed by atoms with E-state index in [1.807, 2.05) is 12.1 Å². The molecule has 2 aromatic carbocycles. The van der Waals surface area contributed by atoms with Crippen molar-refractivity contribution in [1.29, 1.82) is 0 Å². The number of carboxylic acids is 2. The second-order valence-corrected chi connectivity index (χ2v) is 13.6. The largest absolute Gasteiger partial charge is 0.506 e. The van der Waals surface area contributed by atoms with Crippen molar-refractivity contribution in [1.82, 2.24) is 20.5 Å². The number of alkyl halides is 6. The molecule has 20 heteroatoms. The highest BCUT2D eigenvalue weighted by Gasteiger charge is 2.39. The smallest absolute Gasteiger partial charge is 0.490 e. The van der Waals surface area contributed by atoms with Gasteiger partial charge < -0.3 is 40.4 Å². The fraction of sp³-hybridized carbons (Fsp3) is 0.543. The van der Waals surface area contributed by atoms with Gasteiger partial charge in [-0.25, -0.2) is 9.59 Å². The first kappa shape index (κ1) is 44.8. The quantitative estimate of drug-likeness (QED) is 0.0753. The number of amides is 1. The molecule has 6 N–H and O–H groups in total. The van der Waals surface area contributed by atoms with E-state index in [1.165, 1.54) is 44.1 Å². The first-order valence-corrected chi connectivity index (χ1v) is 18.3. The Morgan fingerprint density at radius 3 is 2.07 bits per heavy atom. The number of ether oxygens (including phenoxy) is 2. The second kappa shape index (κ2) is 21.5. The molecule has 55 heavy (non-hydrogen) atoms. The number of phenolic OH excluding ortho intramolecular Hbond substituents is 1. The van der Waals surface area contributed by atoms with Crippen molar-refractivity contribution < 1.29 is 65.5 Å². The summed E-state index contributed by atoms with van der Waals surface area (Å²) in [5.74, 6) is -3.68. The van der Waals surface area contributed by atoms with Crippen LogP contribution in [-0.2, 0) is 27.2 Å². The molecular formula is C35H44F6N4O9S. The summed E-state index contributed by atoms with van der Waals surface area (Å²) >= 11 is 1.12. The van der Waals surface area contributed by atoms with Crippen LogP contribution in [0.3, 0.4) is 0 Å². The van der Waals surface area contributed by atoms with Gasteiger partial charge >= 0.3 is 29.2 Å². The van der Waals surface area contributed by atoms with Crippen LogP contribution in [0.2, 0.25) is 0 Å². The molecule has 1 amide bonds. The number of aromatic nitrogens is 1. The van der Waals surface area contributed by atoms with Gasteiger partial charge in [-0.15, -0.1) is 0 Å². The van der Waals surface area contributed by atoms with E-state index >= 15 is 0 Å².